The first-order chi connectivity index (χ1) is 8.70. The van der Waals surface area contributed by atoms with Crippen LogP contribution in [0.4, 0.5) is 0 Å². The first kappa shape index (κ1) is 12.1. The number of hydrogen-bond donors (Lipinski definition) is 1. The van der Waals surface area contributed by atoms with Crippen LogP contribution >= 0.6 is 0 Å². The molecule has 1 N–H and O–H groups in total. The molecule has 0 amide bonds. The molecule has 0 bridgehead atoms. The van der Waals surface area contributed by atoms with Gasteiger partial charge in [-0.15, -0.1) is 0 Å². The predicted molar refractivity (Wildman–Crippen MR) is 67.3 cm³/mol. The average molecular weight is 243 g/mol. The molecule has 0 radical (unpaired) electrons. The van der Waals surface area contributed by atoms with Gasteiger partial charge in [0.2, 0.25) is 0 Å². The predicted octanol–water partition coefficient (Wildman–Crippen LogP) is 2.77. The Morgan fingerprint density at radius 1 is 1.39 bits per heavy atom. The van der Waals surface area contributed by atoms with Gasteiger partial charge >= 0.3 is 5.97 Å². The van der Waals surface area contributed by atoms with E-state index in [0.29, 0.717) is 17.7 Å². The summed E-state index contributed by atoms with van der Waals surface area (Å²) in [6.07, 6.45) is 3.60. The Labute approximate surface area is 105 Å². The first-order valence-corrected chi connectivity index (χ1v) is 5.65. The van der Waals surface area contributed by atoms with Crippen LogP contribution in [0.2, 0.25) is 0 Å². The minimum absolute atomic E-state index is 0.124. The Kier molecular flexibility index (Phi) is 3.57. The van der Waals surface area contributed by atoms with E-state index < -0.39 is 0 Å². The monoisotopic (exact) mass is 243 g/mol. The lowest BCUT2D eigenvalue weighted by atomic mass is 10.1. The third-order valence-corrected chi connectivity index (χ3v) is 2.46. The molecule has 0 saturated heterocycles. The fourth-order valence-electron chi connectivity index (χ4n) is 1.54. The zero-order chi connectivity index (χ0) is 13.0. The maximum atomic E-state index is 11.2. The zero-order valence-electron chi connectivity index (χ0n) is 9.96. The summed E-state index contributed by atoms with van der Waals surface area (Å²) in [5.41, 5.74) is 1.36. The highest BCUT2D eigenvalue weighted by Crippen LogP contribution is 2.32. The van der Waals surface area contributed by atoms with E-state index in [1.54, 1.807) is 37.5 Å². The van der Waals surface area contributed by atoms with Gasteiger partial charge < -0.3 is 9.84 Å². The van der Waals surface area contributed by atoms with E-state index in [1.807, 2.05) is 6.07 Å². The molecule has 0 aliphatic rings. The molecule has 2 aromatic rings. The van der Waals surface area contributed by atoms with Gasteiger partial charge in [-0.1, -0.05) is 13.0 Å². The fraction of sp³-hybridized carbons (Fsp3) is 0.143. The molecule has 2 rings (SSSR count). The van der Waals surface area contributed by atoms with E-state index >= 15 is 0 Å². The molecule has 0 spiro atoms. The summed E-state index contributed by atoms with van der Waals surface area (Å²) in [5, 5.41) is 9.81. The van der Waals surface area contributed by atoms with Crippen LogP contribution in [-0.4, -0.2) is 16.1 Å². The minimum atomic E-state index is -0.308. The van der Waals surface area contributed by atoms with E-state index in [-0.39, 0.29) is 11.7 Å². The van der Waals surface area contributed by atoms with Crippen molar-refractivity contribution < 1.29 is 14.6 Å². The SMILES string of the molecule is CCC(=O)Oc1ccc(O)c(-c2cccnc2)c1. The number of hydrogen-bond acceptors (Lipinski definition) is 4. The number of aromatic nitrogens is 1. The van der Waals surface area contributed by atoms with Crippen LogP contribution in [0.5, 0.6) is 11.5 Å². The van der Waals surface area contributed by atoms with E-state index in [4.69, 9.17) is 4.74 Å². The van der Waals surface area contributed by atoms with Gasteiger partial charge in [0.05, 0.1) is 0 Å². The third-order valence-electron chi connectivity index (χ3n) is 2.46. The average Bonchev–Trinajstić information content (AvgIpc) is 2.42. The molecule has 92 valence electrons. The largest absolute Gasteiger partial charge is 0.507 e. The highest BCUT2D eigenvalue weighted by atomic mass is 16.5. The number of phenols is 1. The summed E-state index contributed by atoms with van der Waals surface area (Å²) in [5.74, 6) is 0.232. The van der Waals surface area contributed by atoms with E-state index in [2.05, 4.69) is 4.98 Å². The van der Waals surface area contributed by atoms with Crippen LogP contribution in [0.25, 0.3) is 11.1 Å². The Morgan fingerprint density at radius 2 is 2.22 bits per heavy atom. The highest BCUT2D eigenvalue weighted by molar-refractivity contribution is 5.75. The summed E-state index contributed by atoms with van der Waals surface area (Å²) < 4.78 is 5.11. The van der Waals surface area contributed by atoms with Crippen molar-refractivity contribution in [3.05, 3.63) is 42.7 Å². The molecule has 1 aromatic heterocycles. The number of carbonyl (C=O) groups excluding carboxylic acids is 1. The van der Waals surface area contributed by atoms with Crippen molar-refractivity contribution in [3.63, 3.8) is 0 Å². The van der Waals surface area contributed by atoms with Crippen molar-refractivity contribution in [2.45, 2.75) is 13.3 Å². The number of ether oxygens (including phenoxy) is 1. The first-order valence-electron chi connectivity index (χ1n) is 5.65. The number of rotatable bonds is 3. The third kappa shape index (κ3) is 2.66. The molecule has 1 aromatic carbocycles. The maximum absolute atomic E-state index is 11.2. The number of esters is 1. The topological polar surface area (TPSA) is 59.4 Å². The molecular formula is C14H13NO3. The summed E-state index contributed by atoms with van der Waals surface area (Å²) in [4.78, 5) is 15.2. The number of pyridine rings is 1. The zero-order valence-corrected chi connectivity index (χ0v) is 9.96. The summed E-state index contributed by atoms with van der Waals surface area (Å²) >= 11 is 0. The minimum Gasteiger partial charge on any atom is -0.507 e. The molecule has 1 heterocycles. The van der Waals surface area contributed by atoms with Gasteiger partial charge in [0, 0.05) is 29.9 Å². The highest BCUT2D eigenvalue weighted by Gasteiger charge is 2.08. The Morgan fingerprint density at radius 3 is 2.89 bits per heavy atom. The van der Waals surface area contributed by atoms with Crippen LogP contribution in [0.3, 0.4) is 0 Å². The summed E-state index contributed by atoms with van der Waals surface area (Å²) in [6.45, 7) is 1.73. The van der Waals surface area contributed by atoms with Crippen LogP contribution in [0.1, 0.15) is 13.3 Å². The quantitative estimate of drug-likeness (QED) is 0.665. The molecule has 18 heavy (non-hydrogen) atoms. The van der Waals surface area contributed by atoms with Crippen molar-refractivity contribution in [1.82, 2.24) is 4.98 Å². The van der Waals surface area contributed by atoms with E-state index in [1.165, 1.54) is 6.07 Å². The maximum Gasteiger partial charge on any atom is 0.310 e. The molecule has 0 atom stereocenters. The Balaban J connectivity index is 2.36. The molecule has 4 heteroatoms. The molecule has 0 fully saturated rings. The molecule has 4 nitrogen and oxygen atoms in total. The van der Waals surface area contributed by atoms with Gasteiger partial charge in [-0.3, -0.25) is 9.78 Å². The van der Waals surface area contributed by atoms with Crippen molar-refractivity contribution in [3.8, 4) is 22.6 Å². The van der Waals surface area contributed by atoms with Gasteiger partial charge in [-0.25, -0.2) is 0 Å². The molecule has 0 saturated carbocycles. The lowest BCUT2D eigenvalue weighted by Crippen LogP contribution is -2.05. The fourth-order valence-corrected chi connectivity index (χ4v) is 1.54. The second-order valence-corrected chi connectivity index (χ2v) is 3.75. The van der Waals surface area contributed by atoms with Crippen LogP contribution in [0.15, 0.2) is 42.7 Å². The number of phenolic OH excluding ortho intramolecular Hbond substituents is 1. The molecular weight excluding hydrogens is 230 g/mol. The second kappa shape index (κ2) is 5.31. The number of nitrogens with zero attached hydrogens (tertiary/aromatic N) is 1. The summed E-state index contributed by atoms with van der Waals surface area (Å²) in [7, 11) is 0. The molecule has 0 unspecified atom stereocenters. The Bertz CT molecular complexity index is 552. The number of aromatic hydroxyl groups is 1. The van der Waals surface area contributed by atoms with Crippen molar-refractivity contribution in [2.75, 3.05) is 0 Å². The number of benzene rings is 1. The van der Waals surface area contributed by atoms with Crippen LogP contribution in [0, 0.1) is 0 Å². The van der Waals surface area contributed by atoms with Crippen molar-refractivity contribution >= 4 is 5.97 Å². The van der Waals surface area contributed by atoms with Crippen LogP contribution in [-0.2, 0) is 4.79 Å². The smallest absolute Gasteiger partial charge is 0.310 e. The van der Waals surface area contributed by atoms with Gasteiger partial charge in [0.15, 0.2) is 0 Å². The standard InChI is InChI=1S/C14H13NO3/c1-2-14(17)18-11-5-6-13(16)12(8-11)10-4-3-7-15-9-10/h3-9,16H,2H2,1H3. The lowest BCUT2D eigenvalue weighted by Gasteiger charge is -2.07. The van der Waals surface area contributed by atoms with E-state index in [9.17, 15) is 9.90 Å². The van der Waals surface area contributed by atoms with E-state index in [0.717, 1.165) is 5.56 Å². The van der Waals surface area contributed by atoms with Gasteiger partial charge in [0.25, 0.3) is 0 Å². The Hall–Kier alpha value is -2.36. The van der Waals surface area contributed by atoms with Gasteiger partial charge in [-0.2, -0.15) is 0 Å². The normalized spacial score (nSPS) is 10.1. The summed E-state index contributed by atoms with van der Waals surface area (Å²) in [6, 6.07) is 8.29. The lowest BCUT2D eigenvalue weighted by molar-refractivity contribution is -0.134. The van der Waals surface area contributed by atoms with Gasteiger partial charge in [0.1, 0.15) is 11.5 Å². The number of carbonyl (C=O) groups is 1. The van der Waals surface area contributed by atoms with Crippen molar-refractivity contribution in [2.24, 2.45) is 0 Å². The van der Waals surface area contributed by atoms with Gasteiger partial charge in [-0.05, 0) is 24.3 Å². The molecule has 0 aliphatic heterocycles. The van der Waals surface area contributed by atoms with Crippen LogP contribution < -0.4 is 4.74 Å². The molecule has 0 aliphatic carbocycles. The van der Waals surface area contributed by atoms with Crippen molar-refractivity contribution in [1.29, 1.82) is 0 Å². The second-order valence-electron chi connectivity index (χ2n) is 3.75.